The molecule has 0 saturated heterocycles. The summed E-state index contributed by atoms with van der Waals surface area (Å²) in [7, 11) is 5.52. The quantitative estimate of drug-likeness (QED) is 0.0216. The lowest BCUT2D eigenvalue weighted by atomic mass is 10.1. The van der Waals surface area contributed by atoms with Gasteiger partial charge in [0.2, 0.25) is 0 Å². The normalized spacial score (nSPS) is 13.2. The summed E-state index contributed by atoms with van der Waals surface area (Å²) >= 11 is 0. The highest BCUT2D eigenvalue weighted by Crippen LogP contribution is 2.14. The molecule has 0 aromatic heterocycles. The van der Waals surface area contributed by atoms with Crippen LogP contribution in [0, 0.1) is 0 Å². The number of carbonyl (C=O) groups is 3. The molecule has 1 N–H and O–H groups in total. The van der Waals surface area contributed by atoms with Gasteiger partial charge in [0, 0.05) is 19.3 Å². The van der Waals surface area contributed by atoms with Gasteiger partial charge in [-0.3, -0.25) is 9.59 Å². The van der Waals surface area contributed by atoms with E-state index in [-0.39, 0.29) is 36.2 Å². The molecule has 0 saturated carbocycles. The molecule has 56 heavy (non-hydrogen) atoms. The maximum Gasteiger partial charge on any atom is 0.362 e. The fourth-order valence-electron chi connectivity index (χ4n) is 6.66. The molecule has 0 bridgehead atoms. The third-order valence-corrected chi connectivity index (χ3v) is 10.3. The Labute approximate surface area is 344 Å². The zero-order valence-electron chi connectivity index (χ0n) is 37.1. The molecule has 0 amide bonds. The number of carbonyl (C=O) groups excluding carboxylic acids is 2. The van der Waals surface area contributed by atoms with E-state index in [1.807, 2.05) is 21.1 Å². The molecule has 8 nitrogen and oxygen atoms in total. The van der Waals surface area contributed by atoms with E-state index in [4.69, 9.17) is 14.2 Å². The highest BCUT2D eigenvalue weighted by molar-refractivity contribution is 5.72. The summed E-state index contributed by atoms with van der Waals surface area (Å²) in [5.74, 6) is -1.50. The smallest absolute Gasteiger partial charge is 0.362 e. The molecule has 0 spiro atoms. The summed E-state index contributed by atoms with van der Waals surface area (Å²) in [6.07, 6.45) is 44.7. The standard InChI is InChI=1S/C48H87NO7/c1-6-8-10-12-14-16-18-20-22-23-24-25-27-29-31-33-35-37-39-47(51)56-44(42-54-41-40-45(48(52)53)49(3,4)5)43-55-46(50)38-36-34-32-30-28-26-21-19-17-15-13-11-9-7-2/h22-26,28,44-45H,6-21,27,29-43H2,1-5H3/p+1/b23-22+,25-24+,28-26+. The van der Waals surface area contributed by atoms with Crippen molar-refractivity contribution in [3.8, 4) is 0 Å². The molecule has 0 aromatic rings. The predicted molar refractivity (Wildman–Crippen MR) is 234 cm³/mol. The van der Waals surface area contributed by atoms with Crippen LogP contribution in [0.25, 0.3) is 0 Å². The summed E-state index contributed by atoms with van der Waals surface area (Å²) in [5, 5.41) is 9.62. The van der Waals surface area contributed by atoms with Gasteiger partial charge in [-0.25, -0.2) is 4.79 Å². The zero-order chi connectivity index (χ0) is 41.4. The average Bonchev–Trinajstić information content (AvgIpc) is 3.15. The highest BCUT2D eigenvalue weighted by Gasteiger charge is 2.31. The Morgan fingerprint density at radius 3 is 1.41 bits per heavy atom. The molecule has 0 heterocycles. The number of hydrogen-bond acceptors (Lipinski definition) is 6. The van der Waals surface area contributed by atoms with E-state index in [2.05, 4.69) is 50.3 Å². The first kappa shape index (κ1) is 53.6. The lowest BCUT2D eigenvalue weighted by Crippen LogP contribution is -2.50. The Kier molecular flexibility index (Phi) is 37.7. The molecule has 8 heteroatoms. The molecule has 0 aliphatic rings. The molecular formula is C48H88NO7+. The van der Waals surface area contributed by atoms with Crippen LogP contribution in [0.2, 0.25) is 0 Å². The Morgan fingerprint density at radius 2 is 0.946 bits per heavy atom. The van der Waals surface area contributed by atoms with E-state index in [9.17, 15) is 19.5 Å². The summed E-state index contributed by atoms with van der Waals surface area (Å²) < 4.78 is 17.3. The van der Waals surface area contributed by atoms with Crippen LogP contribution in [-0.2, 0) is 28.6 Å². The third-order valence-electron chi connectivity index (χ3n) is 10.3. The largest absolute Gasteiger partial charge is 0.477 e. The molecular weight excluding hydrogens is 703 g/mol. The number of esters is 2. The second kappa shape index (κ2) is 39.4. The SMILES string of the molecule is CCCCCCCCC/C=C/C=C/CCCCCCCC(=O)OC(COCCC(C(=O)O)[N+](C)(C)C)COC(=O)CCCCC/C=C/CCCCCCCCC. The maximum absolute atomic E-state index is 12.7. The molecule has 0 fully saturated rings. The van der Waals surface area contributed by atoms with Crippen molar-refractivity contribution < 1.29 is 38.2 Å². The van der Waals surface area contributed by atoms with Crippen molar-refractivity contribution in [2.45, 2.75) is 212 Å². The van der Waals surface area contributed by atoms with Crippen LogP contribution < -0.4 is 0 Å². The van der Waals surface area contributed by atoms with Crippen LogP contribution in [0.5, 0.6) is 0 Å². The minimum Gasteiger partial charge on any atom is -0.477 e. The predicted octanol–water partition coefficient (Wildman–Crippen LogP) is 12.6. The molecule has 326 valence electrons. The number of aliphatic carboxylic acids is 1. The van der Waals surface area contributed by atoms with Crippen LogP contribution in [-0.4, -0.2) is 80.6 Å². The van der Waals surface area contributed by atoms with Crippen molar-refractivity contribution in [2.24, 2.45) is 0 Å². The van der Waals surface area contributed by atoms with Gasteiger partial charge < -0.3 is 23.8 Å². The Balaban J connectivity index is 4.37. The second-order valence-electron chi connectivity index (χ2n) is 16.7. The molecule has 0 aromatic carbocycles. The van der Waals surface area contributed by atoms with Crippen LogP contribution >= 0.6 is 0 Å². The average molecular weight is 791 g/mol. The Bertz CT molecular complexity index is 1020. The molecule has 0 rings (SSSR count). The Hall–Kier alpha value is -2.45. The topological polar surface area (TPSA) is 99.1 Å². The van der Waals surface area contributed by atoms with Crippen molar-refractivity contribution >= 4 is 17.9 Å². The summed E-state index contributed by atoms with van der Waals surface area (Å²) in [6.45, 7) is 4.70. The molecule has 0 aliphatic carbocycles. The fraction of sp³-hybridized carbons (Fsp3) is 0.812. The van der Waals surface area contributed by atoms with E-state index < -0.39 is 18.1 Å². The first-order valence-corrected chi connectivity index (χ1v) is 23.0. The van der Waals surface area contributed by atoms with Crippen LogP contribution in [0.4, 0.5) is 0 Å². The van der Waals surface area contributed by atoms with Gasteiger partial charge in [-0.2, -0.15) is 0 Å². The maximum atomic E-state index is 12.7. The van der Waals surface area contributed by atoms with Crippen LogP contribution in [0.1, 0.15) is 200 Å². The first-order valence-electron chi connectivity index (χ1n) is 23.0. The van der Waals surface area contributed by atoms with E-state index >= 15 is 0 Å². The van der Waals surface area contributed by atoms with Gasteiger partial charge in [-0.15, -0.1) is 0 Å². The van der Waals surface area contributed by atoms with Crippen molar-refractivity contribution in [1.82, 2.24) is 0 Å². The first-order chi connectivity index (χ1) is 27.1. The summed E-state index contributed by atoms with van der Waals surface area (Å²) in [5.41, 5.74) is 0. The number of unbranched alkanes of at least 4 members (excludes halogenated alkanes) is 22. The van der Waals surface area contributed by atoms with Gasteiger partial charge in [0.25, 0.3) is 0 Å². The molecule has 0 aliphatic heterocycles. The second-order valence-corrected chi connectivity index (χ2v) is 16.7. The van der Waals surface area contributed by atoms with Gasteiger partial charge in [0.1, 0.15) is 6.61 Å². The van der Waals surface area contributed by atoms with E-state index in [0.29, 0.717) is 19.3 Å². The number of carboxylic acids is 1. The molecule has 2 atom stereocenters. The van der Waals surface area contributed by atoms with Gasteiger partial charge in [0.05, 0.1) is 34.4 Å². The fourth-order valence-corrected chi connectivity index (χ4v) is 6.66. The van der Waals surface area contributed by atoms with Gasteiger partial charge >= 0.3 is 17.9 Å². The van der Waals surface area contributed by atoms with Crippen LogP contribution in [0.3, 0.4) is 0 Å². The monoisotopic (exact) mass is 791 g/mol. The van der Waals surface area contributed by atoms with Crippen molar-refractivity contribution in [3.05, 3.63) is 36.5 Å². The van der Waals surface area contributed by atoms with Crippen molar-refractivity contribution in [3.63, 3.8) is 0 Å². The minimum absolute atomic E-state index is 0.0511. The number of allylic oxidation sites excluding steroid dienone is 6. The number of likely N-dealkylation sites (N-methyl/N-ethyl adjacent to an activating group) is 1. The van der Waals surface area contributed by atoms with E-state index in [0.717, 1.165) is 70.6 Å². The Morgan fingerprint density at radius 1 is 0.536 bits per heavy atom. The molecule has 2 unspecified atom stereocenters. The lowest BCUT2D eigenvalue weighted by Gasteiger charge is -2.31. The molecule has 0 radical (unpaired) electrons. The number of hydrogen-bond donors (Lipinski definition) is 1. The number of rotatable bonds is 41. The van der Waals surface area contributed by atoms with Gasteiger partial charge in [-0.1, -0.05) is 153 Å². The number of nitrogens with zero attached hydrogens (tertiary/aromatic N) is 1. The van der Waals surface area contributed by atoms with E-state index in [1.54, 1.807) is 0 Å². The van der Waals surface area contributed by atoms with Crippen molar-refractivity contribution in [1.29, 1.82) is 0 Å². The van der Waals surface area contributed by atoms with Gasteiger partial charge in [0.15, 0.2) is 12.1 Å². The third kappa shape index (κ3) is 37.1. The highest BCUT2D eigenvalue weighted by atomic mass is 16.6. The summed E-state index contributed by atoms with van der Waals surface area (Å²) in [6, 6.07) is -0.619. The number of ether oxygens (including phenoxy) is 3. The number of carboxylic acid groups (broad SMARTS) is 1. The van der Waals surface area contributed by atoms with Crippen molar-refractivity contribution in [2.75, 3.05) is 41.0 Å². The minimum atomic E-state index is -0.879. The van der Waals surface area contributed by atoms with Gasteiger partial charge in [-0.05, 0) is 64.2 Å². The van der Waals surface area contributed by atoms with E-state index in [1.165, 1.54) is 96.3 Å². The van der Waals surface area contributed by atoms with Crippen LogP contribution in [0.15, 0.2) is 36.5 Å². The lowest BCUT2D eigenvalue weighted by molar-refractivity contribution is -0.887. The number of quaternary nitrogens is 1. The summed E-state index contributed by atoms with van der Waals surface area (Å²) in [4.78, 5) is 37.0. The zero-order valence-corrected chi connectivity index (χ0v) is 37.1.